The molecular weight excluding hydrogens is 574 g/mol. The van der Waals surface area contributed by atoms with Crippen LogP contribution in [0.5, 0.6) is 5.75 Å². The summed E-state index contributed by atoms with van der Waals surface area (Å²) in [5, 5.41) is 0. The molecule has 12 nitrogen and oxygen atoms in total. The number of hydrogen-bond acceptors (Lipinski definition) is 10. The number of amides is 2. The van der Waals surface area contributed by atoms with Crippen LogP contribution in [0.25, 0.3) is 0 Å². The molecule has 0 N–H and O–H groups in total. The van der Waals surface area contributed by atoms with E-state index >= 15 is 0 Å². The van der Waals surface area contributed by atoms with Crippen LogP contribution in [0.15, 0.2) is 18.5 Å². The van der Waals surface area contributed by atoms with Gasteiger partial charge in [-0.1, -0.05) is 6.07 Å². The second-order valence-corrected chi connectivity index (χ2v) is 15.7. The molecule has 2 fully saturated rings. The zero-order chi connectivity index (χ0) is 31.5. The monoisotopic (exact) mass is 615 g/mol. The number of aromatic nitrogens is 2. The summed E-state index contributed by atoms with van der Waals surface area (Å²) in [4.78, 5) is 40.6. The highest BCUT2D eigenvalue weighted by atomic mass is 32.2. The van der Waals surface area contributed by atoms with Crippen molar-refractivity contribution in [3.8, 4) is 5.75 Å². The third kappa shape index (κ3) is 6.51. The summed E-state index contributed by atoms with van der Waals surface area (Å²) in [5.74, 6) is 1.42. The van der Waals surface area contributed by atoms with Crippen molar-refractivity contribution in [3.05, 3.63) is 35.2 Å². The molecule has 1 aromatic carbocycles. The van der Waals surface area contributed by atoms with Gasteiger partial charge in [0.25, 0.3) is 0 Å². The number of ether oxygens (including phenoxy) is 3. The van der Waals surface area contributed by atoms with E-state index < -0.39 is 33.2 Å². The maximum absolute atomic E-state index is 13.9. The molecule has 0 spiro atoms. The van der Waals surface area contributed by atoms with Crippen molar-refractivity contribution < 1.29 is 32.2 Å². The Morgan fingerprint density at radius 2 is 1.51 bits per heavy atom. The van der Waals surface area contributed by atoms with Crippen molar-refractivity contribution in [2.75, 3.05) is 47.5 Å². The zero-order valence-electron chi connectivity index (χ0n) is 26.1. The number of carbonyl (C=O) groups is 2. The second-order valence-electron chi connectivity index (χ2n) is 13.4. The molecule has 43 heavy (non-hydrogen) atoms. The Kier molecular flexibility index (Phi) is 7.77. The molecule has 3 aliphatic rings. The van der Waals surface area contributed by atoms with Crippen molar-refractivity contribution in [3.63, 3.8) is 0 Å². The minimum Gasteiger partial charge on any atom is -0.483 e. The SMILES string of the molecule is Cc1cc(C2CN(C(=O)OC(C)(C)C)C2)cc2c1O[C@H](C)c1c(N3CCS(=O)(=O)CC3)ncnc1N2C(=O)OC(C)(C)C. The summed E-state index contributed by atoms with van der Waals surface area (Å²) in [6, 6.07) is 3.93. The molecule has 0 aliphatic carbocycles. The highest BCUT2D eigenvalue weighted by Gasteiger charge is 2.40. The number of hydrogen-bond donors (Lipinski definition) is 0. The summed E-state index contributed by atoms with van der Waals surface area (Å²) < 4.78 is 42.2. The topological polar surface area (TPSA) is 131 Å². The molecule has 5 rings (SSSR count). The predicted molar refractivity (Wildman–Crippen MR) is 162 cm³/mol. The molecule has 2 amide bonds. The van der Waals surface area contributed by atoms with Crippen molar-refractivity contribution in [2.24, 2.45) is 0 Å². The molecular formula is C30H41N5O7S. The van der Waals surface area contributed by atoms with Crippen LogP contribution in [0, 0.1) is 6.92 Å². The molecule has 1 aromatic heterocycles. The lowest BCUT2D eigenvalue weighted by molar-refractivity contribution is 0.00817. The molecule has 0 radical (unpaired) electrons. The highest BCUT2D eigenvalue weighted by molar-refractivity contribution is 7.91. The molecule has 4 heterocycles. The third-order valence-corrected chi connectivity index (χ3v) is 9.11. The van der Waals surface area contributed by atoms with Gasteiger partial charge in [-0.25, -0.2) is 32.9 Å². The van der Waals surface area contributed by atoms with E-state index in [2.05, 4.69) is 9.97 Å². The van der Waals surface area contributed by atoms with Gasteiger partial charge in [0.1, 0.15) is 35.2 Å². The van der Waals surface area contributed by atoms with Crippen LogP contribution in [0.4, 0.5) is 26.9 Å². The average Bonchev–Trinajstić information content (AvgIpc) is 2.95. The molecule has 0 bridgehead atoms. The Morgan fingerprint density at radius 3 is 2.12 bits per heavy atom. The van der Waals surface area contributed by atoms with Gasteiger partial charge in [-0.05, 0) is 72.6 Å². The van der Waals surface area contributed by atoms with Crippen LogP contribution in [-0.2, 0) is 19.3 Å². The fraction of sp³-hybridized carbons (Fsp3) is 0.600. The van der Waals surface area contributed by atoms with E-state index in [4.69, 9.17) is 14.2 Å². The standard InChI is InChI=1S/C30H41N5O7S/c1-18-13-20(21-15-34(16-21)27(36)41-29(3,4)5)14-22-24(18)40-19(2)23-25(33-9-11-43(38,39)12-10-33)31-17-32-26(23)35(22)28(37)42-30(6,7)8/h13-14,17,19,21H,9-12,15-16H2,1-8H3/t19-/m1/s1. The van der Waals surface area contributed by atoms with E-state index in [1.165, 1.54) is 11.2 Å². The van der Waals surface area contributed by atoms with Gasteiger partial charge in [-0.15, -0.1) is 0 Å². The Bertz CT molecular complexity index is 1530. The summed E-state index contributed by atoms with van der Waals surface area (Å²) in [6.07, 6.45) is -0.161. The lowest BCUT2D eigenvalue weighted by Crippen LogP contribution is -2.50. The highest BCUT2D eigenvalue weighted by Crippen LogP contribution is 2.48. The predicted octanol–water partition coefficient (Wildman–Crippen LogP) is 4.88. The van der Waals surface area contributed by atoms with Crippen molar-refractivity contribution in [1.82, 2.24) is 14.9 Å². The normalized spacial score (nSPS) is 20.3. The fourth-order valence-electron chi connectivity index (χ4n) is 5.44. The number of anilines is 3. The quantitative estimate of drug-likeness (QED) is 0.461. The molecule has 234 valence electrons. The summed E-state index contributed by atoms with van der Waals surface area (Å²) in [5.41, 5.74) is 1.44. The number of rotatable bonds is 2. The smallest absolute Gasteiger partial charge is 0.420 e. The summed E-state index contributed by atoms with van der Waals surface area (Å²) >= 11 is 0. The Morgan fingerprint density at radius 1 is 0.930 bits per heavy atom. The molecule has 2 saturated heterocycles. The number of nitrogens with zero attached hydrogens (tertiary/aromatic N) is 5. The van der Waals surface area contributed by atoms with E-state index in [0.29, 0.717) is 41.7 Å². The van der Waals surface area contributed by atoms with Gasteiger partial charge in [0.2, 0.25) is 0 Å². The van der Waals surface area contributed by atoms with Gasteiger partial charge >= 0.3 is 12.2 Å². The van der Waals surface area contributed by atoms with E-state index in [1.807, 2.05) is 51.7 Å². The number of likely N-dealkylation sites (tertiary alicyclic amines) is 1. The van der Waals surface area contributed by atoms with Gasteiger partial charge in [-0.3, -0.25) is 0 Å². The van der Waals surface area contributed by atoms with Gasteiger partial charge in [0.15, 0.2) is 15.7 Å². The molecule has 0 unspecified atom stereocenters. The first-order chi connectivity index (χ1) is 19.9. The van der Waals surface area contributed by atoms with Crippen LogP contribution < -0.4 is 14.5 Å². The van der Waals surface area contributed by atoms with Crippen molar-refractivity contribution >= 4 is 39.3 Å². The van der Waals surface area contributed by atoms with E-state index in [0.717, 1.165) is 11.1 Å². The lowest BCUT2D eigenvalue weighted by atomic mass is 9.90. The van der Waals surface area contributed by atoms with Crippen LogP contribution in [-0.4, -0.2) is 84.4 Å². The number of benzene rings is 1. The van der Waals surface area contributed by atoms with Gasteiger partial charge < -0.3 is 24.0 Å². The minimum atomic E-state index is -3.12. The van der Waals surface area contributed by atoms with Gasteiger partial charge in [0, 0.05) is 32.1 Å². The minimum absolute atomic E-state index is 0.0151. The van der Waals surface area contributed by atoms with E-state index in [9.17, 15) is 18.0 Å². The van der Waals surface area contributed by atoms with E-state index in [-0.39, 0.29) is 36.6 Å². The van der Waals surface area contributed by atoms with Crippen molar-refractivity contribution in [1.29, 1.82) is 0 Å². The number of sulfone groups is 1. The van der Waals surface area contributed by atoms with Crippen LogP contribution in [0.1, 0.15) is 77.2 Å². The largest absolute Gasteiger partial charge is 0.483 e. The first-order valence-electron chi connectivity index (χ1n) is 14.5. The molecule has 0 saturated carbocycles. The number of fused-ring (bicyclic) bond motifs is 2. The molecule has 2 aromatic rings. The maximum atomic E-state index is 13.9. The van der Waals surface area contributed by atoms with Gasteiger partial charge in [-0.2, -0.15) is 0 Å². The Hall–Kier alpha value is -3.61. The van der Waals surface area contributed by atoms with Gasteiger partial charge in [0.05, 0.1) is 22.8 Å². The van der Waals surface area contributed by atoms with Crippen LogP contribution >= 0.6 is 0 Å². The molecule has 13 heteroatoms. The third-order valence-electron chi connectivity index (χ3n) is 7.50. The summed E-state index contributed by atoms with van der Waals surface area (Å²) in [7, 11) is -3.12. The zero-order valence-corrected chi connectivity index (χ0v) is 26.9. The number of carbonyl (C=O) groups excluding carboxylic acids is 2. The van der Waals surface area contributed by atoms with Crippen LogP contribution in [0.3, 0.4) is 0 Å². The molecule has 3 aliphatic heterocycles. The Balaban J connectivity index is 1.56. The number of aryl methyl sites for hydroxylation is 1. The molecule has 1 atom stereocenters. The van der Waals surface area contributed by atoms with Crippen molar-refractivity contribution in [2.45, 2.75) is 78.6 Å². The lowest BCUT2D eigenvalue weighted by Gasteiger charge is -2.40. The maximum Gasteiger partial charge on any atom is 0.420 e. The summed E-state index contributed by atoms with van der Waals surface area (Å²) in [6.45, 7) is 16.2. The second kappa shape index (κ2) is 10.8. The average molecular weight is 616 g/mol. The van der Waals surface area contributed by atoms with E-state index in [1.54, 1.807) is 25.7 Å². The Labute approximate surface area is 253 Å². The fourth-order valence-corrected chi connectivity index (χ4v) is 6.64. The van der Waals surface area contributed by atoms with Crippen LogP contribution in [0.2, 0.25) is 0 Å². The first-order valence-corrected chi connectivity index (χ1v) is 16.4. The first kappa shape index (κ1) is 30.8.